The fraction of sp³-hybridized carbons (Fsp3) is 0.588. The molecule has 2 aromatic heterocycles. The standard InChI is InChI=1S/C17H23N3O2S/c1-4-13-12(16(5-2)22-19-13)9-17(21)20-8-6-7-15(20)14-10-23-11(3)18-14/h10,15H,4-9H2,1-3H3/t15-/m1/s1. The fourth-order valence-corrected chi connectivity index (χ4v) is 3.96. The highest BCUT2D eigenvalue weighted by molar-refractivity contribution is 7.09. The summed E-state index contributed by atoms with van der Waals surface area (Å²) in [5.74, 6) is 1.00. The minimum absolute atomic E-state index is 0.127. The number of aromatic nitrogens is 2. The first-order valence-electron chi connectivity index (χ1n) is 8.31. The van der Waals surface area contributed by atoms with Crippen molar-refractivity contribution in [1.29, 1.82) is 0 Å². The summed E-state index contributed by atoms with van der Waals surface area (Å²) in [5, 5.41) is 7.25. The summed E-state index contributed by atoms with van der Waals surface area (Å²) in [5.41, 5.74) is 2.94. The van der Waals surface area contributed by atoms with Gasteiger partial charge >= 0.3 is 0 Å². The molecule has 0 N–H and O–H groups in total. The molecular formula is C17H23N3O2S. The van der Waals surface area contributed by atoms with Crippen molar-refractivity contribution in [1.82, 2.24) is 15.0 Å². The zero-order chi connectivity index (χ0) is 16.4. The lowest BCUT2D eigenvalue weighted by Crippen LogP contribution is -2.32. The average Bonchev–Trinajstić information content (AvgIpc) is 3.25. The smallest absolute Gasteiger partial charge is 0.227 e. The molecule has 0 bridgehead atoms. The molecule has 124 valence electrons. The molecule has 1 saturated heterocycles. The lowest BCUT2D eigenvalue weighted by molar-refractivity contribution is -0.131. The Kier molecular flexibility index (Phi) is 4.80. The van der Waals surface area contributed by atoms with E-state index in [1.807, 2.05) is 25.7 Å². The van der Waals surface area contributed by atoms with E-state index < -0.39 is 0 Å². The van der Waals surface area contributed by atoms with Gasteiger partial charge in [-0.15, -0.1) is 11.3 Å². The van der Waals surface area contributed by atoms with Crippen LogP contribution in [0.3, 0.4) is 0 Å². The van der Waals surface area contributed by atoms with Crippen molar-refractivity contribution in [2.45, 2.75) is 58.9 Å². The second kappa shape index (κ2) is 6.83. The molecule has 0 spiro atoms. The quantitative estimate of drug-likeness (QED) is 0.840. The summed E-state index contributed by atoms with van der Waals surface area (Å²) in [6.45, 7) is 6.90. The van der Waals surface area contributed by atoms with Crippen LogP contribution in [0.1, 0.15) is 60.5 Å². The number of thiazole rings is 1. The van der Waals surface area contributed by atoms with E-state index in [2.05, 4.69) is 15.5 Å². The molecule has 0 aromatic carbocycles. The third-order valence-corrected chi connectivity index (χ3v) is 5.28. The summed E-state index contributed by atoms with van der Waals surface area (Å²) in [6, 6.07) is 0.127. The number of amides is 1. The Morgan fingerprint density at radius 2 is 2.26 bits per heavy atom. The molecule has 23 heavy (non-hydrogen) atoms. The summed E-state index contributed by atoms with van der Waals surface area (Å²) in [7, 11) is 0. The van der Waals surface area contributed by atoms with Crippen LogP contribution in [0, 0.1) is 6.92 Å². The van der Waals surface area contributed by atoms with Crippen molar-refractivity contribution < 1.29 is 9.32 Å². The molecule has 3 rings (SSSR count). The molecule has 1 aliphatic rings. The number of nitrogens with zero attached hydrogens (tertiary/aromatic N) is 3. The van der Waals surface area contributed by atoms with E-state index in [1.165, 1.54) is 0 Å². The number of hydrogen-bond donors (Lipinski definition) is 0. The van der Waals surface area contributed by atoms with Gasteiger partial charge in [-0.25, -0.2) is 4.98 Å². The molecule has 0 radical (unpaired) electrons. The van der Waals surface area contributed by atoms with Crippen LogP contribution in [0.5, 0.6) is 0 Å². The van der Waals surface area contributed by atoms with Crippen LogP contribution in [0.25, 0.3) is 0 Å². The predicted molar refractivity (Wildman–Crippen MR) is 89.5 cm³/mol. The fourth-order valence-electron chi connectivity index (χ4n) is 3.30. The largest absolute Gasteiger partial charge is 0.361 e. The van der Waals surface area contributed by atoms with E-state index >= 15 is 0 Å². The van der Waals surface area contributed by atoms with Crippen LogP contribution in [0.2, 0.25) is 0 Å². The second-order valence-electron chi connectivity index (χ2n) is 5.95. The third kappa shape index (κ3) is 3.17. The highest BCUT2D eigenvalue weighted by Crippen LogP contribution is 2.33. The first kappa shape index (κ1) is 16.2. The molecule has 1 fully saturated rings. The second-order valence-corrected chi connectivity index (χ2v) is 7.01. The lowest BCUT2D eigenvalue weighted by atomic mass is 10.1. The van der Waals surface area contributed by atoms with Crippen LogP contribution in [-0.2, 0) is 24.1 Å². The topological polar surface area (TPSA) is 59.2 Å². The van der Waals surface area contributed by atoms with Gasteiger partial charge in [-0.1, -0.05) is 19.0 Å². The highest BCUT2D eigenvalue weighted by Gasteiger charge is 2.32. The van der Waals surface area contributed by atoms with Gasteiger partial charge in [0.15, 0.2) is 0 Å². The zero-order valence-corrected chi connectivity index (χ0v) is 14.8. The summed E-state index contributed by atoms with van der Waals surface area (Å²) >= 11 is 1.65. The molecule has 6 heteroatoms. The maximum absolute atomic E-state index is 12.9. The van der Waals surface area contributed by atoms with E-state index in [4.69, 9.17) is 4.52 Å². The third-order valence-electron chi connectivity index (χ3n) is 4.49. The molecule has 2 aromatic rings. The SMILES string of the molecule is CCc1noc(CC)c1CC(=O)N1CCC[C@@H]1c1csc(C)n1. The van der Waals surface area contributed by atoms with Crippen molar-refractivity contribution in [3.05, 3.63) is 33.1 Å². The highest BCUT2D eigenvalue weighted by atomic mass is 32.1. The zero-order valence-electron chi connectivity index (χ0n) is 14.0. The van der Waals surface area contributed by atoms with Crippen LogP contribution >= 0.6 is 11.3 Å². The predicted octanol–water partition coefficient (Wildman–Crippen LogP) is 3.47. The van der Waals surface area contributed by atoms with Crippen molar-refractivity contribution in [2.75, 3.05) is 6.54 Å². The molecular weight excluding hydrogens is 310 g/mol. The Morgan fingerprint density at radius 3 is 2.91 bits per heavy atom. The van der Waals surface area contributed by atoms with Gasteiger partial charge in [0.05, 0.1) is 28.9 Å². The van der Waals surface area contributed by atoms with Crippen molar-refractivity contribution >= 4 is 17.2 Å². The van der Waals surface area contributed by atoms with Crippen molar-refractivity contribution in [3.8, 4) is 0 Å². The molecule has 3 heterocycles. The van der Waals surface area contributed by atoms with Gasteiger partial charge in [0.25, 0.3) is 0 Å². The number of carbonyl (C=O) groups excluding carboxylic acids is 1. The normalized spacial score (nSPS) is 17.9. The molecule has 5 nitrogen and oxygen atoms in total. The monoisotopic (exact) mass is 333 g/mol. The molecule has 1 aliphatic heterocycles. The van der Waals surface area contributed by atoms with E-state index in [0.29, 0.717) is 6.42 Å². The molecule has 0 unspecified atom stereocenters. The Labute approximate surface area is 140 Å². The Bertz CT molecular complexity index is 670. The number of rotatable bonds is 5. The van der Waals surface area contributed by atoms with E-state index in [9.17, 15) is 4.79 Å². The van der Waals surface area contributed by atoms with Gasteiger partial charge in [0.2, 0.25) is 5.91 Å². The van der Waals surface area contributed by atoms with Gasteiger partial charge in [-0.05, 0) is 26.2 Å². The number of likely N-dealkylation sites (tertiary alicyclic amines) is 1. The van der Waals surface area contributed by atoms with Crippen LogP contribution in [-0.4, -0.2) is 27.5 Å². The molecule has 0 aliphatic carbocycles. The minimum atomic E-state index is 0.127. The van der Waals surface area contributed by atoms with Crippen molar-refractivity contribution in [2.24, 2.45) is 0 Å². The average molecular weight is 333 g/mol. The number of aryl methyl sites for hydroxylation is 3. The molecule has 1 atom stereocenters. The molecule has 0 saturated carbocycles. The van der Waals surface area contributed by atoms with Crippen LogP contribution in [0.15, 0.2) is 9.90 Å². The van der Waals surface area contributed by atoms with Crippen LogP contribution < -0.4 is 0 Å². The first-order chi connectivity index (χ1) is 11.1. The summed E-state index contributed by atoms with van der Waals surface area (Å²) in [6.07, 6.45) is 3.98. The Balaban J connectivity index is 1.79. The molecule has 1 amide bonds. The van der Waals surface area contributed by atoms with E-state index in [-0.39, 0.29) is 11.9 Å². The first-order valence-corrected chi connectivity index (χ1v) is 9.19. The van der Waals surface area contributed by atoms with Gasteiger partial charge in [0.1, 0.15) is 5.76 Å². The Morgan fingerprint density at radius 1 is 1.43 bits per heavy atom. The lowest BCUT2D eigenvalue weighted by Gasteiger charge is -2.23. The van der Waals surface area contributed by atoms with E-state index in [0.717, 1.165) is 59.9 Å². The van der Waals surface area contributed by atoms with Crippen molar-refractivity contribution in [3.63, 3.8) is 0 Å². The number of carbonyl (C=O) groups is 1. The maximum atomic E-state index is 12.9. The van der Waals surface area contributed by atoms with Gasteiger partial charge in [-0.2, -0.15) is 0 Å². The maximum Gasteiger partial charge on any atom is 0.227 e. The van der Waals surface area contributed by atoms with Crippen LogP contribution in [0.4, 0.5) is 0 Å². The minimum Gasteiger partial charge on any atom is -0.361 e. The summed E-state index contributed by atoms with van der Waals surface area (Å²) in [4.78, 5) is 19.4. The van der Waals surface area contributed by atoms with Gasteiger partial charge in [-0.3, -0.25) is 4.79 Å². The van der Waals surface area contributed by atoms with Gasteiger partial charge in [0, 0.05) is 23.9 Å². The number of hydrogen-bond acceptors (Lipinski definition) is 5. The van der Waals surface area contributed by atoms with E-state index in [1.54, 1.807) is 11.3 Å². The van der Waals surface area contributed by atoms with Gasteiger partial charge < -0.3 is 9.42 Å². The summed E-state index contributed by atoms with van der Waals surface area (Å²) < 4.78 is 5.38. The Hall–Kier alpha value is -1.69.